The van der Waals surface area contributed by atoms with Crippen molar-refractivity contribution in [3.05, 3.63) is 71.4 Å². The molecule has 0 saturated carbocycles. The summed E-state index contributed by atoms with van der Waals surface area (Å²) in [5.74, 6) is 0.270. The van der Waals surface area contributed by atoms with Crippen LogP contribution in [-0.2, 0) is 22.4 Å². The molecule has 2 N–H and O–H groups in total. The van der Waals surface area contributed by atoms with Crippen molar-refractivity contribution < 1.29 is 9.53 Å². The minimum Gasteiger partial charge on any atom is -0.379 e. The number of nitrogens with zero attached hydrogens (tertiary/aromatic N) is 1. The molecule has 2 heterocycles. The van der Waals surface area contributed by atoms with E-state index in [1.807, 2.05) is 6.07 Å². The van der Waals surface area contributed by atoms with Crippen molar-refractivity contribution >= 4 is 16.8 Å². The number of carbonyl (C=O) groups excluding carboxylic acids is 1. The van der Waals surface area contributed by atoms with Gasteiger partial charge in [0.25, 0.3) is 0 Å². The van der Waals surface area contributed by atoms with Gasteiger partial charge < -0.3 is 15.0 Å². The highest BCUT2D eigenvalue weighted by Gasteiger charge is 2.21. The first kappa shape index (κ1) is 22.6. The smallest absolute Gasteiger partial charge is 0.220 e. The van der Waals surface area contributed by atoms with Crippen molar-refractivity contribution in [2.45, 2.75) is 38.5 Å². The molecule has 4 rings (SSSR count). The molecule has 2 aromatic carbocycles. The van der Waals surface area contributed by atoms with Gasteiger partial charge in [0.2, 0.25) is 5.91 Å². The van der Waals surface area contributed by atoms with E-state index in [-0.39, 0.29) is 11.8 Å². The van der Waals surface area contributed by atoms with Gasteiger partial charge in [0.1, 0.15) is 0 Å². The molecular weight excluding hydrogens is 398 g/mol. The number of rotatable bonds is 10. The molecule has 32 heavy (non-hydrogen) atoms. The quantitative estimate of drug-likeness (QED) is 0.469. The van der Waals surface area contributed by atoms with Crippen molar-refractivity contribution in [2.24, 2.45) is 0 Å². The van der Waals surface area contributed by atoms with Crippen LogP contribution in [0.5, 0.6) is 0 Å². The molecule has 1 fully saturated rings. The number of fused-ring (bicyclic) bond motifs is 1. The molecule has 0 spiro atoms. The standard InChI is InChI=1S/C27H35N3O2/c1-2-22-10-6-11-24-25(20-29-27(22)24)23(18-21-8-4-3-5-9-21)19-26(31)28-12-7-13-30-14-16-32-17-15-30/h3-6,8-11,20,23,29H,2,7,12-19H2,1H3,(H,28,31). The van der Waals surface area contributed by atoms with Crippen LogP contribution < -0.4 is 5.32 Å². The summed E-state index contributed by atoms with van der Waals surface area (Å²) in [4.78, 5) is 18.8. The third kappa shape index (κ3) is 5.78. The second kappa shape index (κ2) is 11.3. The molecule has 1 saturated heterocycles. The number of H-pyrrole nitrogens is 1. The van der Waals surface area contributed by atoms with Crippen LogP contribution in [0.1, 0.15) is 42.4 Å². The van der Waals surface area contributed by atoms with Crippen molar-refractivity contribution in [2.75, 3.05) is 39.4 Å². The molecule has 0 aliphatic carbocycles. The fraction of sp³-hybridized carbons (Fsp3) is 0.444. The predicted molar refractivity (Wildman–Crippen MR) is 130 cm³/mol. The summed E-state index contributed by atoms with van der Waals surface area (Å²) in [6.45, 7) is 7.54. The zero-order valence-electron chi connectivity index (χ0n) is 19.1. The number of para-hydroxylation sites is 1. The second-order valence-electron chi connectivity index (χ2n) is 8.69. The van der Waals surface area contributed by atoms with Gasteiger partial charge in [-0.05, 0) is 48.4 Å². The van der Waals surface area contributed by atoms with E-state index in [0.29, 0.717) is 6.42 Å². The molecule has 1 unspecified atom stereocenters. The summed E-state index contributed by atoms with van der Waals surface area (Å²) < 4.78 is 5.40. The summed E-state index contributed by atoms with van der Waals surface area (Å²) in [7, 11) is 0. The molecular formula is C27H35N3O2. The third-order valence-corrected chi connectivity index (χ3v) is 6.49. The van der Waals surface area contributed by atoms with E-state index in [1.165, 1.54) is 27.6 Å². The van der Waals surface area contributed by atoms with Crippen LogP contribution in [0.15, 0.2) is 54.7 Å². The van der Waals surface area contributed by atoms with Crippen LogP contribution in [0, 0.1) is 0 Å². The van der Waals surface area contributed by atoms with Crippen LogP contribution in [0.3, 0.4) is 0 Å². The third-order valence-electron chi connectivity index (χ3n) is 6.49. The van der Waals surface area contributed by atoms with Crippen LogP contribution in [0.2, 0.25) is 0 Å². The highest BCUT2D eigenvalue weighted by atomic mass is 16.5. The first-order chi connectivity index (χ1) is 15.7. The van der Waals surface area contributed by atoms with Crippen LogP contribution in [0.4, 0.5) is 0 Å². The maximum Gasteiger partial charge on any atom is 0.220 e. The van der Waals surface area contributed by atoms with Gasteiger partial charge >= 0.3 is 0 Å². The minimum absolute atomic E-state index is 0.133. The Morgan fingerprint density at radius 3 is 2.72 bits per heavy atom. The molecule has 1 aliphatic heterocycles. The number of amides is 1. The largest absolute Gasteiger partial charge is 0.379 e. The SMILES string of the molecule is CCc1cccc2c(C(CC(=O)NCCCN3CCOCC3)Cc3ccccc3)c[nH]c12. The molecule has 0 bridgehead atoms. The molecule has 1 aromatic heterocycles. The Morgan fingerprint density at radius 2 is 1.94 bits per heavy atom. The topological polar surface area (TPSA) is 57.4 Å². The number of ether oxygens (including phenoxy) is 1. The van der Waals surface area contributed by atoms with Gasteiger partial charge in [-0.2, -0.15) is 0 Å². The summed E-state index contributed by atoms with van der Waals surface area (Å²) in [6, 6.07) is 17.0. The summed E-state index contributed by atoms with van der Waals surface area (Å²) in [5, 5.41) is 4.41. The lowest BCUT2D eigenvalue weighted by atomic mass is 9.88. The Morgan fingerprint density at radius 1 is 1.12 bits per heavy atom. The Hall–Kier alpha value is -2.63. The molecule has 170 valence electrons. The lowest BCUT2D eigenvalue weighted by molar-refractivity contribution is -0.121. The monoisotopic (exact) mass is 433 g/mol. The van der Waals surface area contributed by atoms with Gasteiger partial charge in [-0.3, -0.25) is 9.69 Å². The Labute approximate surface area is 191 Å². The average Bonchev–Trinajstić information content (AvgIpc) is 3.27. The van der Waals surface area contributed by atoms with Gasteiger partial charge in [0, 0.05) is 43.2 Å². The first-order valence-corrected chi connectivity index (χ1v) is 11.9. The normalized spacial score (nSPS) is 15.7. The van der Waals surface area contributed by atoms with E-state index in [1.54, 1.807) is 0 Å². The zero-order chi connectivity index (χ0) is 22.2. The predicted octanol–water partition coefficient (Wildman–Crippen LogP) is 4.29. The van der Waals surface area contributed by atoms with Gasteiger partial charge in [-0.15, -0.1) is 0 Å². The summed E-state index contributed by atoms with van der Waals surface area (Å²) >= 11 is 0. The van der Waals surface area contributed by atoms with Crippen LogP contribution in [-0.4, -0.2) is 55.2 Å². The van der Waals surface area contributed by atoms with Gasteiger partial charge in [0.15, 0.2) is 0 Å². The molecule has 1 aliphatic rings. The fourth-order valence-electron chi connectivity index (χ4n) is 4.71. The van der Waals surface area contributed by atoms with Crippen molar-refractivity contribution in [3.63, 3.8) is 0 Å². The van der Waals surface area contributed by atoms with Gasteiger partial charge in [0.05, 0.1) is 13.2 Å². The highest BCUT2D eigenvalue weighted by Crippen LogP contribution is 2.32. The van der Waals surface area contributed by atoms with Crippen molar-refractivity contribution in [1.82, 2.24) is 15.2 Å². The van der Waals surface area contributed by atoms with E-state index in [0.717, 1.165) is 58.7 Å². The Bertz CT molecular complexity index is 993. The fourth-order valence-corrected chi connectivity index (χ4v) is 4.71. The number of hydrogen-bond acceptors (Lipinski definition) is 3. The number of benzene rings is 2. The van der Waals surface area contributed by atoms with Gasteiger partial charge in [-0.25, -0.2) is 0 Å². The number of nitrogens with one attached hydrogen (secondary N) is 2. The number of aromatic nitrogens is 1. The van der Waals surface area contributed by atoms with Crippen LogP contribution >= 0.6 is 0 Å². The van der Waals surface area contributed by atoms with E-state index in [2.05, 4.69) is 70.8 Å². The number of carbonyl (C=O) groups is 1. The molecule has 5 nitrogen and oxygen atoms in total. The molecule has 0 radical (unpaired) electrons. The minimum atomic E-state index is 0.133. The number of hydrogen-bond donors (Lipinski definition) is 2. The first-order valence-electron chi connectivity index (χ1n) is 11.9. The second-order valence-corrected chi connectivity index (χ2v) is 8.69. The lowest BCUT2D eigenvalue weighted by Crippen LogP contribution is -2.38. The maximum atomic E-state index is 12.9. The van der Waals surface area contributed by atoms with Crippen molar-refractivity contribution in [3.8, 4) is 0 Å². The summed E-state index contributed by atoms with van der Waals surface area (Å²) in [5.41, 5.74) is 5.02. The van der Waals surface area contributed by atoms with Crippen LogP contribution in [0.25, 0.3) is 10.9 Å². The Balaban J connectivity index is 1.42. The van der Waals surface area contributed by atoms with E-state index in [4.69, 9.17) is 4.74 Å². The number of aromatic amines is 1. The van der Waals surface area contributed by atoms with Gasteiger partial charge in [-0.1, -0.05) is 55.5 Å². The zero-order valence-corrected chi connectivity index (χ0v) is 19.1. The number of aryl methyl sites for hydroxylation is 1. The van der Waals surface area contributed by atoms with E-state index < -0.39 is 0 Å². The molecule has 1 amide bonds. The molecule has 5 heteroatoms. The molecule has 3 aromatic rings. The lowest BCUT2D eigenvalue weighted by Gasteiger charge is -2.26. The summed E-state index contributed by atoms with van der Waals surface area (Å²) in [6.07, 6.45) is 5.43. The Kier molecular flexibility index (Phi) is 7.97. The average molecular weight is 434 g/mol. The van der Waals surface area contributed by atoms with E-state index in [9.17, 15) is 4.79 Å². The molecule has 1 atom stereocenters. The maximum absolute atomic E-state index is 12.9. The van der Waals surface area contributed by atoms with E-state index >= 15 is 0 Å². The van der Waals surface area contributed by atoms with Crippen molar-refractivity contribution in [1.29, 1.82) is 0 Å². The number of morpholine rings is 1. The highest BCUT2D eigenvalue weighted by molar-refractivity contribution is 5.87.